The van der Waals surface area contributed by atoms with Gasteiger partial charge in [0.2, 0.25) is 5.91 Å². The minimum atomic E-state index is -1.21. The summed E-state index contributed by atoms with van der Waals surface area (Å²) in [6.45, 7) is 0.310. The van der Waals surface area contributed by atoms with Gasteiger partial charge in [0.05, 0.1) is 6.42 Å². The molecule has 8 nitrogen and oxygen atoms in total. The Hall–Kier alpha value is -3.75. The summed E-state index contributed by atoms with van der Waals surface area (Å²) < 4.78 is 13.5. The van der Waals surface area contributed by atoms with Crippen LogP contribution in [0, 0.1) is 11.7 Å². The van der Waals surface area contributed by atoms with Gasteiger partial charge < -0.3 is 20.2 Å². The molecule has 2 N–H and O–H groups in total. The molecule has 0 spiro atoms. The number of aliphatic carboxylic acids is 1. The van der Waals surface area contributed by atoms with Crippen molar-refractivity contribution in [1.29, 1.82) is 0 Å². The molecule has 1 aliphatic heterocycles. The van der Waals surface area contributed by atoms with Crippen molar-refractivity contribution in [3.05, 3.63) is 71.5 Å². The predicted molar refractivity (Wildman–Crippen MR) is 138 cm³/mol. The monoisotopic (exact) mass is 523 g/mol. The van der Waals surface area contributed by atoms with E-state index in [1.807, 2.05) is 30.3 Å². The highest BCUT2D eigenvalue weighted by molar-refractivity contribution is 5.99. The lowest BCUT2D eigenvalue weighted by Gasteiger charge is -2.34. The summed E-state index contributed by atoms with van der Waals surface area (Å²) in [7, 11) is 0. The van der Waals surface area contributed by atoms with E-state index in [1.165, 1.54) is 34.1 Å². The molecule has 0 radical (unpaired) electrons. The first-order valence-corrected chi connectivity index (χ1v) is 13.3. The second kappa shape index (κ2) is 12.7. The number of aryl methyl sites for hydroxylation is 1. The van der Waals surface area contributed by atoms with Crippen molar-refractivity contribution in [2.75, 3.05) is 13.1 Å². The van der Waals surface area contributed by atoms with Crippen LogP contribution in [0.25, 0.3) is 0 Å². The average Bonchev–Trinajstić information content (AvgIpc) is 3.38. The summed E-state index contributed by atoms with van der Waals surface area (Å²) in [5.74, 6) is -2.80. The van der Waals surface area contributed by atoms with E-state index < -0.39 is 35.8 Å². The number of amides is 3. The van der Waals surface area contributed by atoms with E-state index in [0.717, 1.165) is 37.7 Å². The highest BCUT2D eigenvalue weighted by Gasteiger charge is 2.43. The number of rotatable bonds is 9. The Bertz CT molecular complexity index is 1130. The highest BCUT2D eigenvalue weighted by atomic mass is 19.1. The highest BCUT2D eigenvalue weighted by Crippen LogP contribution is 2.29. The predicted octanol–water partition coefficient (Wildman–Crippen LogP) is 3.61. The van der Waals surface area contributed by atoms with E-state index >= 15 is 0 Å². The van der Waals surface area contributed by atoms with E-state index in [2.05, 4.69) is 5.32 Å². The Morgan fingerprint density at radius 3 is 2.24 bits per heavy atom. The lowest BCUT2D eigenvalue weighted by Crippen LogP contribution is -2.57. The zero-order valence-corrected chi connectivity index (χ0v) is 21.4. The minimum Gasteiger partial charge on any atom is -0.481 e. The number of benzene rings is 2. The largest absolute Gasteiger partial charge is 0.481 e. The number of carbonyl (C=O) groups is 4. The summed E-state index contributed by atoms with van der Waals surface area (Å²) in [5, 5.41) is 12.4. The molecule has 1 aliphatic carbocycles. The molecule has 2 aromatic rings. The van der Waals surface area contributed by atoms with Crippen molar-refractivity contribution < 1.29 is 28.7 Å². The lowest BCUT2D eigenvalue weighted by molar-refractivity contribution is -0.143. The van der Waals surface area contributed by atoms with Crippen LogP contribution < -0.4 is 5.32 Å². The fourth-order valence-corrected chi connectivity index (χ4v) is 5.50. The van der Waals surface area contributed by atoms with Gasteiger partial charge in [0.15, 0.2) is 6.17 Å². The van der Waals surface area contributed by atoms with E-state index in [9.17, 15) is 28.7 Å². The second-order valence-electron chi connectivity index (χ2n) is 10.1. The average molecular weight is 524 g/mol. The Kier molecular flexibility index (Phi) is 9.10. The van der Waals surface area contributed by atoms with Crippen LogP contribution in [0.2, 0.25) is 0 Å². The first kappa shape index (κ1) is 27.3. The molecule has 1 heterocycles. The smallest absolute Gasteiger partial charge is 0.305 e. The lowest BCUT2D eigenvalue weighted by atomic mass is 9.82. The fraction of sp³-hybridized carbons (Fsp3) is 0.448. The maximum Gasteiger partial charge on any atom is 0.305 e. The fourth-order valence-electron chi connectivity index (χ4n) is 5.50. The molecular formula is C29H34FN3O5. The van der Waals surface area contributed by atoms with Crippen LogP contribution in [0.3, 0.4) is 0 Å². The third-order valence-electron chi connectivity index (χ3n) is 7.49. The van der Waals surface area contributed by atoms with Crippen molar-refractivity contribution in [3.63, 3.8) is 0 Å². The number of carboxylic acid groups (broad SMARTS) is 1. The van der Waals surface area contributed by atoms with Crippen LogP contribution in [0.15, 0.2) is 54.6 Å². The Morgan fingerprint density at radius 1 is 0.921 bits per heavy atom. The molecule has 2 unspecified atom stereocenters. The van der Waals surface area contributed by atoms with Crippen molar-refractivity contribution >= 4 is 23.7 Å². The van der Waals surface area contributed by atoms with Crippen molar-refractivity contribution in [2.45, 2.75) is 63.6 Å². The summed E-state index contributed by atoms with van der Waals surface area (Å²) >= 11 is 0. The SMILES string of the molecule is O=C(O)CC(NC(=O)C1N(C(=O)CCc2ccccc2)CCN1C(=O)c1ccc(F)cc1)C1CCCCC1. The van der Waals surface area contributed by atoms with Crippen molar-refractivity contribution in [3.8, 4) is 0 Å². The number of carboxylic acids is 1. The van der Waals surface area contributed by atoms with Crippen LogP contribution in [-0.4, -0.2) is 63.9 Å². The number of hydrogen-bond donors (Lipinski definition) is 2. The first-order valence-electron chi connectivity index (χ1n) is 13.3. The summed E-state index contributed by atoms with van der Waals surface area (Å²) in [5.41, 5.74) is 1.19. The van der Waals surface area contributed by atoms with E-state index in [0.29, 0.717) is 6.42 Å². The maximum absolute atomic E-state index is 13.7. The Balaban J connectivity index is 1.56. The molecule has 3 amide bonds. The van der Waals surface area contributed by atoms with Crippen molar-refractivity contribution in [1.82, 2.24) is 15.1 Å². The molecular weight excluding hydrogens is 489 g/mol. The van der Waals surface area contributed by atoms with Gasteiger partial charge in [-0.2, -0.15) is 0 Å². The van der Waals surface area contributed by atoms with Crippen LogP contribution in [0.4, 0.5) is 4.39 Å². The Morgan fingerprint density at radius 2 is 1.58 bits per heavy atom. The van der Waals surface area contributed by atoms with Crippen LogP contribution >= 0.6 is 0 Å². The summed E-state index contributed by atoms with van der Waals surface area (Å²) in [6.07, 6.45) is 3.87. The molecule has 2 atom stereocenters. The van der Waals surface area contributed by atoms with E-state index in [-0.39, 0.29) is 43.3 Å². The topological polar surface area (TPSA) is 107 Å². The second-order valence-corrected chi connectivity index (χ2v) is 10.1. The van der Waals surface area contributed by atoms with E-state index in [4.69, 9.17) is 0 Å². The standard InChI is InChI=1S/C29H34FN3O5/c30-23-14-12-22(13-15-23)29(38)33-18-17-32(25(34)16-11-20-7-3-1-4-8-20)28(33)27(37)31-24(19-26(35)36)21-9-5-2-6-10-21/h1,3-4,7-8,12-15,21,24,28H,2,5-6,9-11,16-19H2,(H,31,37)(H,35,36). The molecule has 202 valence electrons. The third-order valence-corrected chi connectivity index (χ3v) is 7.49. The molecule has 2 fully saturated rings. The molecule has 4 rings (SSSR count). The molecule has 0 bridgehead atoms. The molecule has 1 saturated heterocycles. The van der Waals surface area contributed by atoms with Crippen molar-refractivity contribution in [2.24, 2.45) is 5.92 Å². The molecule has 9 heteroatoms. The molecule has 38 heavy (non-hydrogen) atoms. The van der Waals surface area contributed by atoms with Crippen LogP contribution in [-0.2, 0) is 20.8 Å². The first-order chi connectivity index (χ1) is 18.3. The molecule has 2 aliphatic rings. The number of carbonyl (C=O) groups excluding carboxylic acids is 3. The normalized spacial score (nSPS) is 18.7. The van der Waals surface area contributed by atoms with Gasteiger partial charge in [0.1, 0.15) is 5.82 Å². The number of halogens is 1. The van der Waals surface area contributed by atoms with Gasteiger partial charge in [0.25, 0.3) is 11.8 Å². The number of nitrogens with zero attached hydrogens (tertiary/aromatic N) is 2. The van der Waals surface area contributed by atoms with Gasteiger partial charge in [-0.15, -0.1) is 0 Å². The van der Waals surface area contributed by atoms with Gasteiger partial charge >= 0.3 is 5.97 Å². The van der Waals surface area contributed by atoms with Crippen LogP contribution in [0.5, 0.6) is 0 Å². The van der Waals surface area contributed by atoms with Gasteiger partial charge in [0, 0.05) is 31.1 Å². The van der Waals surface area contributed by atoms with Gasteiger partial charge in [-0.1, -0.05) is 49.6 Å². The molecule has 2 aromatic carbocycles. The minimum absolute atomic E-state index is 0.0219. The van der Waals surface area contributed by atoms with Gasteiger partial charge in [-0.3, -0.25) is 19.2 Å². The third kappa shape index (κ3) is 6.76. The number of nitrogens with one attached hydrogen (secondary N) is 1. The van der Waals surface area contributed by atoms with Gasteiger partial charge in [-0.05, 0) is 55.0 Å². The quantitative estimate of drug-likeness (QED) is 0.522. The van der Waals surface area contributed by atoms with Crippen LogP contribution in [0.1, 0.15) is 60.9 Å². The molecule has 1 saturated carbocycles. The maximum atomic E-state index is 13.7. The zero-order chi connectivity index (χ0) is 27.1. The summed E-state index contributed by atoms with van der Waals surface area (Å²) in [6, 6.07) is 14.0. The Labute approximate surface area is 221 Å². The summed E-state index contributed by atoms with van der Waals surface area (Å²) in [4.78, 5) is 54.8. The van der Waals surface area contributed by atoms with Gasteiger partial charge in [-0.25, -0.2) is 4.39 Å². The zero-order valence-electron chi connectivity index (χ0n) is 21.4. The molecule has 0 aromatic heterocycles. The van der Waals surface area contributed by atoms with E-state index in [1.54, 1.807) is 0 Å². The number of hydrogen-bond acceptors (Lipinski definition) is 4.